The molecular weight excluding hydrogens is 388 g/mol. The molecule has 7 heteroatoms. The Morgan fingerprint density at radius 1 is 0.966 bits per heavy atom. The fourth-order valence-electron chi connectivity index (χ4n) is 3.04. The van der Waals surface area contributed by atoms with Crippen LogP contribution in [0, 0.1) is 0 Å². The number of anilines is 1. The number of furan rings is 1. The summed E-state index contributed by atoms with van der Waals surface area (Å²) in [6.07, 6.45) is 1.47. The standard InChI is InChI=1S/C22H16N2O4S/c25-21(19-2-1-9-26-19)23-16-6-3-14(4-7-16)22-24-17(13-29-22)15-5-8-18-20(12-15)28-11-10-27-18/h1-9,12-13H,10-11H2,(H,23,25). The number of fused-ring (bicyclic) bond motifs is 1. The predicted octanol–water partition coefficient (Wildman–Crippen LogP) is 5.09. The van der Waals surface area contributed by atoms with Gasteiger partial charge in [-0.3, -0.25) is 4.79 Å². The highest BCUT2D eigenvalue weighted by Gasteiger charge is 2.14. The Balaban J connectivity index is 1.33. The van der Waals surface area contributed by atoms with E-state index in [1.54, 1.807) is 23.5 Å². The lowest BCUT2D eigenvalue weighted by molar-refractivity contribution is 0.0996. The van der Waals surface area contributed by atoms with Crippen LogP contribution in [0.1, 0.15) is 10.6 Å². The first-order valence-corrected chi connectivity index (χ1v) is 9.95. The molecule has 29 heavy (non-hydrogen) atoms. The van der Waals surface area contributed by atoms with E-state index in [-0.39, 0.29) is 11.7 Å². The van der Waals surface area contributed by atoms with Crippen LogP contribution < -0.4 is 14.8 Å². The number of carbonyl (C=O) groups excluding carboxylic acids is 1. The second-order valence-corrected chi connectivity index (χ2v) is 7.26. The van der Waals surface area contributed by atoms with Crippen LogP contribution in [0.5, 0.6) is 11.5 Å². The maximum atomic E-state index is 12.1. The Hall–Kier alpha value is -3.58. The summed E-state index contributed by atoms with van der Waals surface area (Å²) in [4.78, 5) is 16.8. The number of hydrogen-bond donors (Lipinski definition) is 1. The topological polar surface area (TPSA) is 73.6 Å². The summed E-state index contributed by atoms with van der Waals surface area (Å²) in [5, 5.41) is 5.73. The van der Waals surface area contributed by atoms with Gasteiger partial charge < -0.3 is 19.2 Å². The van der Waals surface area contributed by atoms with Crippen LogP contribution in [0.2, 0.25) is 0 Å². The minimum absolute atomic E-state index is 0.276. The van der Waals surface area contributed by atoms with Crippen molar-refractivity contribution in [1.82, 2.24) is 4.98 Å². The number of benzene rings is 2. The van der Waals surface area contributed by atoms with Gasteiger partial charge in [0.25, 0.3) is 5.91 Å². The van der Waals surface area contributed by atoms with Crippen molar-refractivity contribution in [2.24, 2.45) is 0 Å². The van der Waals surface area contributed by atoms with E-state index in [0.29, 0.717) is 18.9 Å². The molecule has 3 heterocycles. The van der Waals surface area contributed by atoms with Crippen LogP contribution in [0.25, 0.3) is 21.8 Å². The number of ether oxygens (including phenoxy) is 2. The van der Waals surface area contributed by atoms with Crippen molar-refractivity contribution in [3.63, 3.8) is 0 Å². The molecule has 0 saturated heterocycles. The van der Waals surface area contributed by atoms with Crippen LogP contribution in [-0.2, 0) is 0 Å². The van der Waals surface area contributed by atoms with Gasteiger partial charge in [-0.25, -0.2) is 4.98 Å². The zero-order valence-corrected chi connectivity index (χ0v) is 16.1. The Kier molecular flexibility index (Phi) is 4.50. The van der Waals surface area contributed by atoms with Gasteiger partial charge in [-0.05, 0) is 54.6 Å². The van der Waals surface area contributed by atoms with E-state index >= 15 is 0 Å². The third kappa shape index (κ3) is 3.60. The SMILES string of the molecule is O=C(Nc1ccc(-c2nc(-c3ccc4c(c3)OCCO4)cs2)cc1)c1ccco1. The summed E-state index contributed by atoms with van der Waals surface area (Å²) in [7, 11) is 0. The van der Waals surface area contributed by atoms with Crippen LogP contribution >= 0.6 is 11.3 Å². The number of aromatic nitrogens is 1. The fourth-order valence-corrected chi connectivity index (χ4v) is 3.87. The first-order valence-electron chi connectivity index (χ1n) is 9.07. The average molecular weight is 404 g/mol. The minimum atomic E-state index is -0.280. The van der Waals surface area contributed by atoms with Crippen molar-refractivity contribution in [2.75, 3.05) is 18.5 Å². The highest BCUT2D eigenvalue weighted by Crippen LogP contribution is 2.36. The second kappa shape index (κ2) is 7.44. The van der Waals surface area contributed by atoms with E-state index in [9.17, 15) is 4.79 Å². The summed E-state index contributed by atoms with van der Waals surface area (Å²) in [6.45, 7) is 1.13. The lowest BCUT2D eigenvalue weighted by atomic mass is 10.1. The van der Waals surface area contributed by atoms with E-state index < -0.39 is 0 Å². The summed E-state index contributed by atoms with van der Waals surface area (Å²) in [5.41, 5.74) is 3.55. The highest BCUT2D eigenvalue weighted by atomic mass is 32.1. The van der Waals surface area contributed by atoms with Gasteiger partial charge in [-0.2, -0.15) is 0 Å². The zero-order chi connectivity index (χ0) is 19.6. The summed E-state index contributed by atoms with van der Waals surface area (Å²) in [6, 6.07) is 16.7. The maximum absolute atomic E-state index is 12.1. The Morgan fingerprint density at radius 3 is 2.55 bits per heavy atom. The first-order chi connectivity index (χ1) is 14.3. The van der Waals surface area contributed by atoms with Crippen LogP contribution in [-0.4, -0.2) is 24.1 Å². The van der Waals surface area contributed by atoms with E-state index in [0.717, 1.165) is 33.3 Å². The molecule has 0 bridgehead atoms. The van der Waals surface area contributed by atoms with Crippen LogP contribution in [0.4, 0.5) is 5.69 Å². The van der Waals surface area contributed by atoms with E-state index in [2.05, 4.69) is 5.32 Å². The smallest absolute Gasteiger partial charge is 0.291 e. The van der Waals surface area contributed by atoms with Crippen molar-refractivity contribution in [2.45, 2.75) is 0 Å². The van der Waals surface area contributed by atoms with Gasteiger partial charge in [-0.15, -0.1) is 11.3 Å². The molecule has 2 aromatic heterocycles. The molecule has 1 amide bonds. The summed E-state index contributed by atoms with van der Waals surface area (Å²) >= 11 is 1.57. The molecule has 4 aromatic rings. The molecule has 0 spiro atoms. The molecule has 1 N–H and O–H groups in total. The summed E-state index contributed by atoms with van der Waals surface area (Å²) < 4.78 is 16.3. The number of nitrogens with zero attached hydrogens (tertiary/aromatic N) is 1. The molecular formula is C22H16N2O4S. The van der Waals surface area contributed by atoms with E-state index in [1.165, 1.54) is 6.26 Å². The normalized spacial score (nSPS) is 12.6. The van der Waals surface area contributed by atoms with Crippen molar-refractivity contribution in [1.29, 1.82) is 0 Å². The molecule has 1 aliphatic rings. The maximum Gasteiger partial charge on any atom is 0.291 e. The number of amides is 1. The van der Waals surface area contributed by atoms with Gasteiger partial charge >= 0.3 is 0 Å². The van der Waals surface area contributed by atoms with Crippen molar-refractivity contribution in [3.8, 4) is 33.3 Å². The quantitative estimate of drug-likeness (QED) is 0.513. The molecule has 0 fully saturated rings. The second-order valence-electron chi connectivity index (χ2n) is 6.41. The number of rotatable bonds is 4. The molecule has 0 atom stereocenters. The molecule has 0 unspecified atom stereocenters. The molecule has 144 valence electrons. The lowest BCUT2D eigenvalue weighted by Gasteiger charge is -2.18. The molecule has 2 aromatic carbocycles. The number of hydrogen-bond acceptors (Lipinski definition) is 6. The van der Waals surface area contributed by atoms with Crippen molar-refractivity contribution in [3.05, 3.63) is 72.0 Å². The summed E-state index contributed by atoms with van der Waals surface area (Å²) in [5.74, 6) is 1.51. The fraction of sp³-hybridized carbons (Fsp3) is 0.0909. The molecule has 0 radical (unpaired) electrons. The Morgan fingerprint density at radius 2 is 1.76 bits per heavy atom. The van der Waals surface area contributed by atoms with Crippen LogP contribution in [0.15, 0.2) is 70.7 Å². The average Bonchev–Trinajstić information content (AvgIpc) is 3.46. The van der Waals surface area contributed by atoms with Crippen molar-refractivity contribution < 1.29 is 18.7 Å². The lowest BCUT2D eigenvalue weighted by Crippen LogP contribution is -2.15. The van der Waals surface area contributed by atoms with Gasteiger partial charge in [-0.1, -0.05) is 0 Å². The zero-order valence-electron chi connectivity index (χ0n) is 15.3. The third-order valence-corrected chi connectivity index (χ3v) is 5.37. The van der Waals surface area contributed by atoms with Gasteiger partial charge in [0.05, 0.1) is 12.0 Å². The predicted molar refractivity (Wildman–Crippen MR) is 111 cm³/mol. The van der Waals surface area contributed by atoms with Gasteiger partial charge in [0.15, 0.2) is 17.3 Å². The highest BCUT2D eigenvalue weighted by molar-refractivity contribution is 7.13. The van der Waals surface area contributed by atoms with Gasteiger partial charge in [0, 0.05) is 22.2 Å². The third-order valence-electron chi connectivity index (χ3n) is 4.48. The van der Waals surface area contributed by atoms with E-state index in [1.807, 2.05) is 47.8 Å². The minimum Gasteiger partial charge on any atom is -0.486 e. The van der Waals surface area contributed by atoms with Crippen molar-refractivity contribution >= 4 is 22.9 Å². The molecule has 0 saturated carbocycles. The van der Waals surface area contributed by atoms with E-state index in [4.69, 9.17) is 18.9 Å². The van der Waals surface area contributed by atoms with Gasteiger partial charge in [0.2, 0.25) is 0 Å². The molecule has 0 aliphatic carbocycles. The number of thiazole rings is 1. The molecule has 6 nitrogen and oxygen atoms in total. The first kappa shape index (κ1) is 17.5. The largest absolute Gasteiger partial charge is 0.486 e. The Bertz CT molecular complexity index is 1150. The number of nitrogens with one attached hydrogen (secondary N) is 1. The Labute approximate surface area is 170 Å². The monoisotopic (exact) mass is 404 g/mol. The van der Waals surface area contributed by atoms with Crippen LogP contribution in [0.3, 0.4) is 0 Å². The molecule has 5 rings (SSSR count). The number of carbonyl (C=O) groups is 1. The molecule has 1 aliphatic heterocycles. The van der Waals surface area contributed by atoms with Gasteiger partial charge in [0.1, 0.15) is 18.2 Å².